The van der Waals surface area contributed by atoms with Crippen molar-refractivity contribution in [3.8, 4) is 57.1 Å². The van der Waals surface area contributed by atoms with Crippen molar-refractivity contribution < 1.29 is 108 Å². The number of rotatable bonds is 19. The van der Waals surface area contributed by atoms with Gasteiger partial charge in [0, 0.05) is 49.9 Å². The fraction of sp³-hybridized carbons (Fsp3) is 0.473. The number of primary amides is 1. The Morgan fingerprint density at radius 2 is 1.32 bits per heavy atom. The lowest BCUT2D eigenvalue weighted by molar-refractivity contribution is -0.277. The number of carbonyl (C=O) groups excluding carboxylic acids is 9. The molecule has 0 aliphatic carbocycles. The Labute approximate surface area is 626 Å². The molecule has 0 radical (unpaired) electrons. The van der Waals surface area contributed by atoms with E-state index in [1.54, 1.807) is 0 Å². The third-order valence-electron chi connectivity index (χ3n) is 19.5. The predicted octanol–water partition coefficient (Wildman–Crippen LogP) is 1.96. The van der Waals surface area contributed by atoms with Gasteiger partial charge >= 0.3 is 6.09 Å². The summed E-state index contributed by atoms with van der Waals surface area (Å²) in [6.45, 7) is 7.50. The number of aliphatic hydroxyl groups excluding tert-OH is 6. The van der Waals surface area contributed by atoms with Crippen LogP contribution < -0.4 is 67.2 Å². The molecular formula is C74H92ClN11O22. The monoisotopic (exact) mass is 1520 g/mol. The van der Waals surface area contributed by atoms with Gasteiger partial charge in [0.25, 0.3) is 0 Å². The number of benzene rings is 5. The maximum absolute atomic E-state index is 16.2. The predicted molar refractivity (Wildman–Crippen MR) is 385 cm³/mol. The van der Waals surface area contributed by atoms with Crippen LogP contribution in [0.25, 0.3) is 11.1 Å². The van der Waals surface area contributed by atoms with Gasteiger partial charge in [0.2, 0.25) is 59.3 Å². The quantitative estimate of drug-likeness (QED) is 0.0525. The number of aromatic hydroxyl groups is 2. The number of nitrogens with two attached hydrogens (primary N) is 1. The van der Waals surface area contributed by atoms with Crippen molar-refractivity contribution in [2.24, 2.45) is 11.7 Å². The highest BCUT2D eigenvalue weighted by atomic mass is 35.5. The molecule has 582 valence electrons. The first-order valence-corrected chi connectivity index (χ1v) is 36.0. The molecule has 34 heteroatoms. The molecule has 11 bridgehead atoms. The lowest BCUT2D eigenvalue weighted by Gasteiger charge is -2.39. The Kier molecular flexibility index (Phi) is 26.4. The van der Waals surface area contributed by atoms with Crippen LogP contribution >= 0.6 is 11.6 Å². The highest BCUT2D eigenvalue weighted by Crippen LogP contribution is 2.49. The van der Waals surface area contributed by atoms with Crippen molar-refractivity contribution in [2.75, 3.05) is 53.4 Å². The third-order valence-corrected chi connectivity index (χ3v) is 19.7. The van der Waals surface area contributed by atoms with E-state index in [0.717, 1.165) is 74.6 Å². The van der Waals surface area contributed by atoms with Crippen LogP contribution in [0.3, 0.4) is 0 Å². The first kappa shape index (κ1) is 80.6. The zero-order valence-electron chi connectivity index (χ0n) is 60.2. The van der Waals surface area contributed by atoms with Crippen molar-refractivity contribution in [3.63, 3.8) is 0 Å². The summed E-state index contributed by atoms with van der Waals surface area (Å²) < 4.78 is 31.2. The summed E-state index contributed by atoms with van der Waals surface area (Å²) in [6, 6.07) is 1.72. The number of amides is 9. The number of hydrogen-bond donors (Lipinski definition) is 17. The molecule has 14 atom stereocenters. The minimum Gasteiger partial charge on any atom is -0.507 e. The molecular weight excluding hydrogens is 1430 g/mol. The number of aryl methyl sites for hydroxylation is 1. The van der Waals surface area contributed by atoms with Gasteiger partial charge in [-0.2, -0.15) is 0 Å². The molecule has 18 N–H and O–H groups in total. The van der Waals surface area contributed by atoms with Gasteiger partial charge in [-0.25, -0.2) is 4.79 Å². The van der Waals surface area contributed by atoms with E-state index in [4.69, 9.17) is 41.0 Å². The number of aliphatic hydroxyl groups is 6. The minimum absolute atomic E-state index is 0.0133. The first-order valence-electron chi connectivity index (χ1n) is 35.7. The number of halogens is 1. The molecule has 9 amide bonds. The normalized spacial score (nSPS) is 25.0. The summed E-state index contributed by atoms with van der Waals surface area (Å²) in [5.74, 6) is -13.3. The summed E-state index contributed by atoms with van der Waals surface area (Å²) in [5, 5.41) is 114. The van der Waals surface area contributed by atoms with Gasteiger partial charge in [-0.1, -0.05) is 82.7 Å². The van der Waals surface area contributed by atoms with E-state index in [-0.39, 0.29) is 93.2 Å². The van der Waals surface area contributed by atoms with Gasteiger partial charge in [0.1, 0.15) is 102 Å². The number of phenols is 2. The maximum atomic E-state index is 16.2. The molecule has 7 aliphatic heterocycles. The molecule has 0 saturated carbocycles. The Hall–Kier alpha value is -9.94. The van der Waals surface area contributed by atoms with Crippen LogP contribution in [0.4, 0.5) is 4.79 Å². The summed E-state index contributed by atoms with van der Waals surface area (Å²) in [4.78, 5) is 138. The number of likely N-dealkylation sites (N-methyl/N-ethyl adjacent to an activating group) is 2. The molecule has 0 aromatic heterocycles. The molecule has 2 fully saturated rings. The molecule has 12 rings (SSSR count). The van der Waals surface area contributed by atoms with Crippen LogP contribution in [0.2, 0.25) is 5.02 Å². The lowest BCUT2D eigenvalue weighted by atomic mass is 9.89. The molecule has 7 aliphatic rings. The van der Waals surface area contributed by atoms with E-state index in [0.29, 0.717) is 19.5 Å². The SMILES string of the molecule is CCCCCCCCNC(=O)Oc1cc(O)c2c(c1)[C@@H](C(=O)N1CCN(C)CC1)NC(=O)[C@H]1NC(=O)[C@H](NC(=O)[C@@H]3NC(=O)[C@H](CC(N)=O)NC(=O)[C@H](NC(=O)[C@@H](CC(C)C)NC)[C@H](O)c4ccc(c(C)c4)Oc4cc3cc(c4O[C@@H]3O[C@H](CO)[C@@H](O)[C@H](O)[C@H]3O)Oc3ccc(cc3Cl)[C@H]1O)c1ccc(O)c-2c1. The number of piperazine rings is 1. The number of carbonyl (C=O) groups is 9. The number of nitrogens with zero attached hydrogens (tertiary/aromatic N) is 2. The molecule has 108 heavy (non-hydrogen) atoms. The number of ether oxygens (including phenoxy) is 5. The average Bonchev–Trinajstić information content (AvgIpc) is 0.772. The average molecular weight is 1520 g/mol. The fourth-order valence-corrected chi connectivity index (χ4v) is 13.6. The van der Waals surface area contributed by atoms with E-state index in [1.807, 2.05) is 25.8 Å². The van der Waals surface area contributed by atoms with Gasteiger partial charge in [-0.15, -0.1) is 0 Å². The van der Waals surface area contributed by atoms with Gasteiger partial charge in [-0.05, 0) is 128 Å². The van der Waals surface area contributed by atoms with E-state index in [9.17, 15) is 60.0 Å². The van der Waals surface area contributed by atoms with Crippen LogP contribution in [-0.2, 0) is 43.1 Å². The second kappa shape index (κ2) is 35.4. The largest absolute Gasteiger partial charge is 0.507 e. The molecule has 7 heterocycles. The molecule has 5 aromatic carbocycles. The Morgan fingerprint density at radius 1 is 0.685 bits per heavy atom. The number of unbranched alkanes of at least 4 members (excludes halogenated alkanes) is 5. The standard InChI is InChI=1S/C74H92ClN11O22/c1-7-8-9-10-11-12-19-78-74(103)104-40-30-42-54(47(89)31-40)41-26-36(13-16-46(41)88)55-68(98)84-59(71(101)82-57(42)72(102)86-22-20-85(6)21-23-86)61(92)38-15-18-49(43(75)27-38)106-51-29-39-28-50(65(51)108-73-64(95)63(94)62(93)52(33-87)107-73)105-48-17-14-37(25-35(48)4)60(91)58(83-66(96)44(77-5)24-34(2)3)70(100)79-45(32-53(76)90)67(97)80-56(39)69(99)81-55/h13-18,25-31,34,44-45,52,55-64,73,77,87-89,91-95H,7-12,19-24,32-33H2,1-6H3,(H2,76,90)(H,78,103)(H,79,100)(H,80,97)(H,81,99)(H,82,101)(H,83,96)(H,84,98)/t44-,45+,52-,55-,56-,57+,58-,59+,60-,61-,62-,63+,64-,73+/m1/s1. The molecule has 0 unspecified atom stereocenters. The molecule has 5 aromatic rings. The minimum atomic E-state index is -2.28. The van der Waals surface area contributed by atoms with Gasteiger partial charge in [0.05, 0.1) is 24.1 Å². The summed E-state index contributed by atoms with van der Waals surface area (Å²) in [6.07, 6.45) is -10.1. The summed E-state index contributed by atoms with van der Waals surface area (Å²) in [7, 11) is 3.33. The van der Waals surface area contributed by atoms with E-state index >= 15 is 24.0 Å². The van der Waals surface area contributed by atoms with Gasteiger partial charge in [-0.3, -0.25) is 38.4 Å². The highest BCUT2D eigenvalue weighted by Gasteiger charge is 2.47. The molecule has 0 spiro atoms. The maximum Gasteiger partial charge on any atom is 0.412 e. The van der Waals surface area contributed by atoms with Crippen LogP contribution in [0.1, 0.15) is 136 Å². The van der Waals surface area contributed by atoms with Crippen LogP contribution in [-0.4, -0.2) is 212 Å². The van der Waals surface area contributed by atoms with Crippen LogP contribution in [0, 0.1) is 12.8 Å². The lowest BCUT2D eigenvalue weighted by Crippen LogP contribution is -2.60. The molecule has 33 nitrogen and oxygen atoms in total. The van der Waals surface area contributed by atoms with Gasteiger partial charge in [0.15, 0.2) is 11.5 Å². The van der Waals surface area contributed by atoms with Crippen LogP contribution in [0.5, 0.6) is 46.0 Å². The Balaban J connectivity index is 1.20. The van der Waals surface area contributed by atoms with E-state index in [1.165, 1.54) is 55.3 Å². The van der Waals surface area contributed by atoms with Crippen LogP contribution in [0.15, 0.2) is 78.9 Å². The summed E-state index contributed by atoms with van der Waals surface area (Å²) in [5.41, 5.74) is 4.04. The summed E-state index contributed by atoms with van der Waals surface area (Å²) >= 11 is 7.13. The zero-order valence-corrected chi connectivity index (χ0v) is 61.0. The fourth-order valence-electron chi connectivity index (χ4n) is 13.4. The second-order valence-electron chi connectivity index (χ2n) is 27.9. The Morgan fingerprint density at radius 3 is 1.98 bits per heavy atom. The first-order chi connectivity index (χ1) is 51.5. The zero-order chi connectivity index (χ0) is 78.1. The molecule has 2 saturated heterocycles. The number of phenolic OH excluding ortho intramolecular Hbond substituents is 2. The van der Waals surface area contributed by atoms with Crippen molar-refractivity contribution in [2.45, 2.75) is 164 Å². The Bertz CT molecular complexity index is 4200. The smallest absolute Gasteiger partial charge is 0.412 e. The van der Waals surface area contributed by atoms with Gasteiger partial charge < -0.3 is 123 Å². The number of hydrogen-bond acceptors (Lipinski definition) is 24. The van der Waals surface area contributed by atoms with E-state index in [2.05, 4.69) is 49.5 Å². The number of fused-ring (bicyclic) bond motifs is 15. The topological polar surface area (TPSA) is 490 Å². The van der Waals surface area contributed by atoms with Crippen molar-refractivity contribution in [1.82, 2.24) is 52.3 Å². The number of nitrogens with one attached hydrogen (secondary N) is 8. The van der Waals surface area contributed by atoms with Crippen molar-refractivity contribution in [1.29, 1.82) is 0 Å². The third kappa shape index (κ3) is 18.6. The second-order valence-corrected chi connectivity index (χ2v) is 28.3. The highest BCUT2D eigenvalue weighted by molar-refractivity contribution is 6.32. The van der Waals surface area contributed by atoms with Crippen molar-refractivity contribution >= 4 is 65.0 Å². The van der Waals surface area contributed by atoms with Crippen molar-refractivity contribution in [3.05, 3.63) is 117 Å². The van der Waals surface area contributed by atoms with E-state index < -0.39 is 186 Å².